The summed E-state index contributed by atoms with van der Waals surface area (Å²) in [6.07, 6.45) is -1.57. The van der Waals surface area contributed by atoms with Gasteiger partial charge in [0.1, 0.15) is 22.2 Å². The van der Waals surface area contributed by atoms with Gasteiger partial charge < -0.3 is 5.73 Å². The average molecular weight is 397 g/mol. The molecule has 0 aliphatic carbocycles. The van der Waals surface area contributed by atoms with Crippen LogP contribution in [0.3, 0.4) is 0 Å². The number of benzene rings is 1. The molecule has 2 heterocycles. The summed E-state index contributed by atoms with van der Waals surface area (Å²) in [7, 11) is 0. The number of primary amides is 1. The van der Waals surface area contributed by atoms with Crippen molar-refractivity contribution in [3.05, 3.63) is 41.9 Å². The van der Waals surface area contributed by atoms with Gasteiger partial charge in [0.25, 0.3) is 0 Å². The van der Waals surface area contributed by atoms with Gasteiger partial charge >= 0.3 is 12.2 Å². The Morgan fingerprint density at radius 2 is 1.74 bits per heavy atom. The van der Waals surface area contributed by atoms with Crippen LogP contribution in [0.25, 0.3) is 0 Å². The number of alkyl halides is 3. The number of halogens is 3. The molecule has 0 bridgehead atoms. The van der Waals surface area contributed by atoms with Gasteiger partial charge in [-0.1, -0.05) is 11.8 Å². The number of carbonyl (C=O) groups is 1. The molecule has 5 nitrogen and oxygen atoms in total. The second-order valence-electron chi connectivity index (χ2n) is 6.55. The Morgan fingerprint density at radius 3 is 2.30 bits per heavy atom. The van der Waals surface area contributed by atoms with Gasteiger partial charge in [0, 0.05) is 23.1 Å². The number of aryl methyl sites for hydroxylation is 1. The first kappa shape index (κ1) is 19.6. The topological polar surface area (TPSA) is 68.9 Å². The van der Waals surface area contributed by atoms with E-state index in [0.717, 1.165) is 47.7 Å². The van der Waals surface area contributed by atoms with Crippen molar-refractivity contribution < 1.29 is 18.0 Å². The summed E-state index contributed by atoms with van der Waals surface area (Å²) < 4.78 is 38.9. The summed E-state index contributed by atoms with van der Waals surface area (Å²) in [5, 5.41) is 0.222. The Bertz CT molecular complexity index is 833. The Labute approximate surface area is 159 Å². The smallest absolute Gasteiger partial charge is 0.319 e. The van der Waals surface area contributed by atoms with Crippen LogP contribution in [0, 0.1) is 6.92 Å². The fourth-order valence-electron chi connectivity index (χ4n) is 3.32. The second kappa shape index (κ2) is 7.47. The third kappa shape index (κ3) is 4.24. The SMILES string of the molecule is Cc1nc(Sc2ccc([N+]3(C(N)=O)CCCCC3)cc2)cc(C(F)(F)F)n1. The first-order valence-electron chi connectivity index (χ1n) is 8.59. The number of piperidine rings is 1. The van der Waals surface area contributed by atoms with E-state index in [-0.39, 0.29) is 21.4 Å². The van der Waals surface area contributed by atoms with Crippen LogP contribution in [0.4, 0.5) is 23.7 Å². The third-order valence-corrected chi connectivity index (χ3v) is 5.59. The molecule has 2 N–H and O–H groups in total. The summed E-state index contributed by atoms with van der Waals surface area (Å²) in [6, 6.07) is 7.75. The Morgan fingerprint density at radius 1 is 1.11 bits per heavy atom. The molecule has 1 saturated heterocycles. The molecule has 0 radical (unpaired) electrons. The van der Waals surface area contributed by atoms with Crippen LogP contribution in [0.2, 0.25) is 0 Å². The first-order valence-corrected chi connectivity index (χ1v) is 9.41. The monoisotopic (exact) mass is 397 g/mol. The van der Waals surface area contributed by atoms with Gasteiger partial charge in [-0.2, -0.15) is 13.2 Å². The molecule has 0 spiro atoms. The number of nitrogens with two attached hydrogens (primary N) is 1. The lowest BCUT2D eigenvalue weighted by Gasteiger charge is -2.36. The standard InChI is InChI=1S/C18H19F3N4OS/c1-12-23-15(18(19,20)21)11-16(24-12)27-14-7-5-13(6-8-14)25(17(22)26)9-3-2-4-10-25/h5-8,11H,2-4,9-10H2,1H3,(H-,22,26)/p+1. The lowest BCUT2D eigenvalue weighted by Crippen LogP contribution is -2.59. The maximum Gasteiger partial charge on any atom is 0.433 e. The molecule has 3 rings (SSSR count). The van der Waals surface area contributed by atoms with E-state index in [2.05, 4.69) is 9.97 Å². The van der Waals surface area contributed by atoms with Crippen molar-refractivity contribution in [2.24, 2.45) is 5.73 Å². The number of rotatable bonds is 3. The lowest BCUT2D eigenvalue weighted by molar-refractivity contribution is -0.141. The van der Waals surface area contributed by atoms with Crippen molar-refractivity contribution in [2.75, 3.05) is 13.1 Å². The molecule has 2 amide bonds. The van der Waals surface area contributed by atoms with Gasteiger partial charge in [0.15, 0.2) is 0 Å². The first-order chi connectivity index (χ1) is 12.7. The van der Waals surface area contributed by atoms with Gasteiger partial charge in [-0.05, 0) is 38.3 Å². The highest BCUT2D eigenvalue weighted by molar-refractivity contribution is 7.99. The molecule has 1 fully saturated rings. The van der Waals surface area contributed by atoms with E-state index >= 15 is 0 Å². The van der Waals surface area contributed by atoms with E-state index in [1.165, 1.54) is 6.92 Å². The molecule has 0 saturated carbocycles. The number of quaternary nitrogens is 1. The molecule has 0 unspecified atom stereocenters. The van der Waals surface area contributed by atoms with Crippen LogP contribution in [0.5, 0.6) is 0 Å². The highest BCUT2D eigenvalue weighted by atomic mass is 32.2. The van der Waals surface area contributed by atoms with Gasteiger partial charge in [0.05, 0.1) is 13.1 Å². The molecule has 9 heteroatoms. The maximum absolute atomic E-state index is 12.9. The summed E-state index contributed by atoms with van der Waals surface area (Å²) in [6.45, 7) is 2.77. The number of amides is 2. The van der Waals surface area contributed by atoms with Gasteiger partial charge in [-0.15, -0.1) is 0 Å². The molecule has 27 heavy (non-hydrogen) atoms. The normalized spacial score (nSPS) is 16.9. The van der Waals surface area contributed by atoms with Crippen molar-refractivity contribution in [3.8, 4) is 0 Å². The quantitative estimate of drug-likeness (QED) is 0.611. The minimum absolute atomic E-state index is 0.0653. The zero-order chi connectivity index (χ0) is 19.7. The van der Waals surface area contributed by atoms with Crippen LogP contribution in [-0.4, -0.2) is 29.1 Å². The number of likely N-dealkylation sites (tertiary alicyclic amines) is 1. The predicted octanol–water partition coefficient (Wildman–Crippen LogP) is 4.52. The van der Waals surface area contributed by atoms with Crippen molar-refractivity contribution >= 4 is 23.5 Å². The van der Waals surface area contributed by atoms with Crippen LogP contribution in [0.15, 0.2) is 40.3 Å². The molecule has 1 aliphatic rings. The fraction of sp³-hybridized carbons (Fsp3) is 0.389. The molecular weight excluding hydrogens is 377 g/mol. The summed E-state index contributed by atoms with van der Waals surface area (Å²) in [5.41, 5.74) is 5.52. The average Bonchev–Trinajstić information content (AvgIpc) is 2.61. The Balaban J connectivity index is 1.84. The number of nitrogens with zero attached hydrogens (tertiary/aromatic N) is 3. The van der Waals surface area contributed by atoms with Crippen molar-refractivity contribution in [1.29, 1.82) is 0 Å². The molecule has 1 aromatic carbocycles. The molecule has 0 atom stereocenters. The maximum atomic E-state index is 12.9. The minimum Gasteiger partial charge on any atom is -0.319 e. The van der Waals surface area contributed by atoms with Crippen LogP contribution < -0.4 is 10.2 Å². The Kier molecular flexibility index (Phi) is 5.43. The molecule has 1 aliphatic heterocycles. The van der Waals surface area contributed by atoms with E-state index in [1.807, 2.05) is 12.1 Å². The number of hydrogen-bond donors (Lipinski definition) is 1. The van der Waals surface area contributed by atoms with E-state index in [9.17, 15) is 18.0 Å². The summed E-state index contributed by atoms with van der Waals surface area (Å²) >= 11 is 1.12. The summed E-state index contributed by atoms with van der Waals surface area (Å²) in [4.78, 5) is 20.3. The van der Waals surface area contributed by atoms with Crippen LogP contribution >= 0.6 is 11.8 Å². The number of carbonyl (C=O) groups excluding carboxylic acids is 1. The van der Waals surface area contributed by atoms with Crippen molar-refractivity contribution in [3.63, 3.8) is 0 Å². The van der Waals surface area contributed by atoms with Gasteiger partial charge in [0.2, 0.25) is 0 Å². The molecular formula is C18H20F3N4OS+. The highest BCUT2D eigenvalue weighted by Gasteiger charge is 2.39. The van der Waals surface area contributed by atoms with Crippen LogP contribution in [0.1, 0.15) is 30.8 Å². The summed E-state index contributed by atoms with van der Waals surface area (Å²) in [5.74, 6) is 0.0653. The van der Waals surface area contributed by atoms with E-state index in [0.29, 0.717) is 13.1 Å². The minimum atomic E-state index is -4.51. The van der Waals surface area contributed by atoms with E-state index < -0.39 is 11.9 Å². The Hall–Kier alpha value is -2.13. The second-order valence-corrected chi connectivity index (χ2v) is 7.64. The molecule has 144 valence electrons. The largest absolute Gasteiger partial charge is 0.433 e. The number of hydrogen-bond acceptors (Lipinski definition) is 4. The zero-order valence-corrected chi connectivity index (χ0v) is 15.6. The molecule has 2 aromatic rings. The van der Waals surface area contributed by atoms with Crippen molar-refractivity contribution in [1.82, 2.24) is 14.5 Å². The predicted molar refractivity (Wildman–Crippen MR) is 97.3 cm³/mol. The highest BCUT2D eigenvalue weighted by Crippen LogP contribution is 2.35. The van der Waals surface area contributed by atoms with E-state index in [4.69, 9.17) is 5.73 Å². The van der Waals surface area contributed by atoms with Gasteiger partial charge in [-0.25, -0.2) is 19.2 Å². The zero-order valence-electron chi connectivity index (χ0n) is 14.8. The van der Waals surface area contributed by atoms with Crippen molar-refractivity contribution in [2.45, 2.75) is 42.3 Å². The molecule has 1 aromatic heterocycles. The van der Waals surface area contributed by atoms with Gasteiger partial charge in [-0.3, -0.25) is 0 Å². The fourth-order valence-corrected chi connectivity index (χ4v) is 4.18. The number of urea groups is 1. The van der Waals surface area contributed by atoms with Crippen LogP contribution in [-0.2, 0) is 6.18 Å². The van der Waals surface area contributed by atoms with E-state index in [1.54, 1.807) is 12.1 Å². The number of aromatic nitrogens is 2. The lowest BCUT2D eigenvalue weighted by atomic mass is 10.1. The third-order valence-electron chi connectivity index (χ3n) is 4.66.